The number of amides is 4. The summed E-state index contributed by atoms with van der Waals surface area (Å²) in [6.07, 6.45) is 34.3. The standard InChI is InChI=1S/C120H110N4O10/c1-120(2,71-45-51-102(125)100(60-71)122-114(129)90-49-47-88-109-89(48-50-91(110(90)109)115(122)130)113(128)121(112(88)127)73-54-68(104-74-31-11-9-29-66(74)56-92(104)64-25-5-3-6-26-64)53-69(55-73)105-75-32-12-10-30-67(75)57-93(105)65-27-7-4-8-28-65)72-46-52-103(126)101(61-72)123-116(131)94-62-96-97(63-95(94)117(123)132)119(134)124(118(96)133)111-98(107-84-41-21-15-35-78(84)79-36-16-22-42-85(79)107)58-70(106-82-39-19-13-33-76(82)77-34-14-20-40-83(77)106)59-99(111)108-86-43-23-17-37-80(86)81-38-18-24-44-87(81)108/h3-12,25-32,45-63,76-87,104-108,125-126H,13-24,33-44H2,1-2H3. The van der Waals surface area contributed by atoms with E-state index in [4.69, 9.17) is 0 Å². The number of rotatable bonds is 13. The fourth-order valence-corrected chi connectivity index (χ4v) is 31.3. The van der Waals surface area contributed by atoms with Crippen LogP contribution in [0.15, 0.2) is 232 Å². The van der Waals surface area contributed by atoms with E-state index in [9.17, 15) is 10.2 Å². The lowest BCUT2D eigenvalue weighted by Gasteiger charge is -2.38. The van der Waals surface area contributed by atoms with Gasteiger partial charge in [0.05, 0.1) is 44.3 Å². The molecule has 13 aromatic rings. The molecule has 670 valence electrons. The van der Waals surface area contributed by atoms with Gasteiger partial charge in [0.2, 0.25) is 0 Å². The Bertz CT molecular complexity index is 7110. The van der Waals surface area contributed by atoms with Crippen LogP contribution >= 0.6 is 0 Å². The fraction of sp³-hybridized carbons (Fsp3) is 0.367. The molecule has 14 heteroatoms. The number of anilines is 2. The minimum Gasteiger partial charge on any atom is -0.506 e. The average molecular weight is 1770 g/mol. The second-order valence-corrected chi connectivity index (χ2v) is 43.0. The Labute approximate surface area is 779 Å². The molecule has 9 fully saturated rings. The molecule has 2 N–H and O–H groups in total. The van der Waals surface area contributed by atoms with Crippen LogP contribution in [-0.4, -0.2) is 43.0 Å². The van der Waals surface area contributed by atoms with Gasteiger partial charge in [0, 0.05) is 50.3 Å². The Morgan fingerprint density at radius 1 is 0.291 bits per heavy atom. The van der Waals surface area contributed by atoms with Crippen molar-refractivity contribution in [3.05, 3.63) is 348 Å². The van der Waals surface area contributed by atoms with Gasteiger partial charge in [-0.1, -0.05) is 230 Å². The van der Waals surface area contributed by atoms with Gasteiger partial charge in [-0.3, -0.25) is 38.4 Å². The van der Waals surface area contributed by atoms with Crippen molar-refractivity contribution >= 4 is 90.6 Å². The molecule has 134 heavy (non-hydrogen) atoms. The van der Waals surface area contributed by atoms with E-state index in [1.54, 1.807) is 41.0 Å². The molecule has 4 heterocycles. The van der Waals surface area contributed by atoms with Crippen molar-refractivity contribution in [3.63, 3.8) is 0 Å². The highest BCUT2D eigenvalue weighted by Gasteiger charge is 2.58. The van der Waals surface area contributed by atoms with Crippen LogP contribution in [0.3, 0.4) is 0 Å². The third kappa shape index (κ3) is 12.1. The van der Waals surface area contributed by atoms with Crippen LogP contribution in [0.5, 0.6) is 11.5 Å². The summed E-state index contributed by atoms with van der Waals surface area (Å²) < 4.78 is 2.56. The van der Waals surface area contributed by atoms with Gasteiger partial charge in [0.15, 0.2) is 0 Å². The van der Waals surface area contributed by atoms with Crippen LogP contribution in [0, 0.1) is 71.0 Å². The molecule has 2 aliphatic heterocycles. The van der Waals surface area contributed by atoms with Gasteiger partial charge in [-0.2, -0.15) is 0 Å². The van der Waals surface area contributed by atoms with Crippen molar-refractivity contribution < 1.29 is 29.4 Å². The quantitative estimate of drug-likeness (QED) is 0.105. The molecule has 0 saturated heterocycles. The number of imide groups is 2. The summed E-state index contributed by atoms with van der Waals surface area (Å²) in [5, 5.41) is 24.6. The number of allylic oxidation sites excluding steroid dienone is 2. The van der Waals surface area contributed by atoms with Gasteiger partial charge in [-0.25, -0.2) is 18.9 Å². The number of fused-ring (bicyclic) bond motifs is 13. The first kappa shape index (κ1) is 82.0. The fourth-order valence-electron chi connectivity index (χ4n) is 31.3. The van der Waals surface area contributed by atoms with Gasteiger partial charge in [0.1, 0.15) is 11.5 Å². The van der Waals surface area contributed by atoms with Crippen LogP contribution in [0.2, 0.25) is 0 Å². The first-order valence-corrected chi connectivity index (χ1v) is 50.5. The van der Waals surface area contributed by atoms with Crippen molar-refractivity contribution in [1.82, 2.24) is 9.13 Å². The summed E-state index contributed by atoms with van der Waals surface area (Å²) in [5.41, 5.74) is 13.1. The summed E-state index contributed by atoms with van der Waals surface area (Å²) in [6, 6.07) is 67.1. The molecular formula is C120H110N4O10. The largest absolute Gasteiger partial charge is 0.506 e. The highest BCUT2D eigenvalue weighted by atomic mass is 16.3. The molecule has 0 bridgehead atoms. The van der Waals surface area contributed by atoms with E-state index in [1.165, 1.54) is 212 Å². The number of hydrogen-bond acceptors (Lipinski definition) is 10. The predicted octanol–water partition coefficient (Wildman–Crippen LogP) is 24.9. The van der Waals surface area contributed by atoms with Crippen LogP contribution in [0.1, 0.15) is 311 Å². The van der Waals surface area contributed by atoms with E-state index < -0.39 is 57.0 Å². The number of phenolic OH excluding ortho intramolecular Hbond substituents is 2. The van der Waals surface area contributed by atoms with Crippen molar-refractivity contribution in [2.24, 2.45) is 71.0 Å². The molecule has 11 aliphatic carbocycles. The Morgan fingerprint density at radius 3 is 1.01 bits per heavy atom. The van der Waals surface area contributed by atoms with E-state index >= 15 is 38.4 Å². The smallest absolute Gasteiger partial charge is 0.266 e. The number of aromatic nitrogens is 2. The monoisotopic (exact) mass is 1770 g/mol. The highest BCUT2D eigenvalue weighted by Crippen LogP contribution is 2.68. The summed E-state index contributed by atoms with van der Waals surface area (Å²) in [4.78, 5) is 130. The van der Waals surface area contributed by atoms with Crippen LogP contribution in [-0.2, 0) is 5.41 Å². The number of benzene rings is 11. The zero-order valence-corrected chi connectivity index (χ0v) is 76.1. The minimum atomic E-state index is -1.13. The number of hydrogen-bond donors (Lipinski definition) is 2. The highest BCUT2D eigenvalue weighted by molar-refractivity contribution is 6.42. The van der Waals surface area contributed by atoms with E-state index in [0.29, 0.717) is 81.9 Å². The Hall–Kier alpha value is -12.7. The molecule has 4 amide bonds. The maximum atomic E-state index is 16.6. The molecule has 11 aromatic carbocycles. The van der Waals surface area contributed by atoms with Crippen molar-refractivity contribution in [1.29, 1.82) is 0 Å². The normalized spacial score (nSPS) is 27.7. The molecule has 2 aromatic heterocycles. The molecule has 14 unspecified atom stereocenters. The first-order chi connectivity index (χ1) is 65.4. The Morgan fingerprint density at radius 2 is 0.619 bits per heavy atom. The van der Waals surface area contributed by atoms with E-state index in [-0.39, 0.29) is 95.4 Å². The molecule has 9 saturated carbocycles. The second-order valence-electron chi connectivity index (χ2n) is 43.0. The Balaban J connectivity index is 0.551. The van der Waals surface area contributed by atoms with Crippen LogP contribution < -0.4 is 32.0 Å². The number of carbonyl (C=O) groups is 4. The summed E-state index contributed by atoms with van der Waals surface area (Å²) >= 11 is 0. The average Bonchev–Trinajstić information content (AvgIpc) is 0.831. The minimum absolute atomic E-state index is 0.0289. The van der Waals surface area contributed by atoms with Gasteiger partial charge in [0.25, 0.3) is 45.9 Å². The van der Waals surface area contributed by atoms with Gasteiger partial charge in [-0.15, -0.1) is 0 Å². The second kappa shape index (κ2) is 31.2. The number of phenols is 2. The van der Waals surface area contributed by atoms with Crippen molar-refractivity contribution in [2.45, 2.75) is 203 Å². The Kier molecular flexibility index (Phi) is 19.1. The van der Waals surface area contributed by atoms with Crippen LogP contribution in [0.25, 0.3) is 67.0 Å². The summed E-state index contributed by atoms with van der Waals surface area (Å²) in [7, 11) is 0. The lowest BCUT2D eigenvalue weighted by Crippen LogP contribution is -2.43. The van der Waals surface area contributed by atoms with Crippen molar-refractivity contribution in [2.75, 3.05) is 9.80 Å². The maximum absolute atomic E-state index is 16.6. The predicted molar refractivity (Wildman–Crippen MR) is 528 cm³/mol. The lowest BCUT2D eigenvalue weighted by molar-refractivity contribution is 0.0872. The molecule has 14 atom stereocenters. The molecule has 26 rings (SSSR count). The molecule has 14 nitrogen and oxygen atoms in total. The zero-order chi connectivity index (χ0) is 90.3. The molecule has 0 spiro atoms. The first-order valence-electron chi connectivity index (χ1n) is 50.5. The zero-order valence-electron chi connectivity index (χ0n) is 76.1. The van der Waals surface area contributed by atoms with Crippen molar-refractivity contribution in [3.8, 4) is 22.9 Å². The van der Waals surface area contributed by atoms with Crippen LogP contribution in [0.4, 0.5) is 11.4 Å². The summed E-state index contributed by atoms with van der Waals surface area (Å²) in [5.74, 6) is 3.73. The van der Waals surface area contributed by atoms with E-state index in [2.05, 4.69) is 78.9 Å². The van der Waals surface area contributed by atoms with Gasteiger partial charge < -0.3 is 10.2 Å². The van der Waals surface area contributed by atoms with E-state index in [0.717, 1.165) is 82.6 Å². The van der Waals surface area contributed by atoms with Gasteiger partial charge >= 0.3 is 0 Å². The number of nitrogens with zero attached hydrogens (tertiary/aromatic N) is 4. The third-order valence-corrected chi connectivity index (χ3v) is 36.8. The summed E-state index contributed by atoms with van der Waals surface area (Å²) in [6.45, 7) is 3.75. The third-order valence-electron chi connectivity index (χ3n) is 36.8. The SMILES string of the molecule is CC(C)(c1ccc(O)c(N2C(=O)c3ccc4c5c(ccc(c35)C2=O)C(=O)N(c2cc(C3C(c5ccccc5)=Cc5ccccc53)cc(C3C(c5ccccc5)=Cc5ccccc53)c2)C4=O)c1)c1ccc(O)c(-n2c(=O)c3cc4c(=O)n(-c5c(C6C7CCCCC7C7CCCCC76)cc(C6C7CCCCC7C7CCCCC76)cc5C5C6CCCCC6C6CCCCC65)c(=O)c4cc3c2=O)c1. The van der Waals surface area contributed by atoms with E-state index in [1.807, 2.05) is 86.6 Å². The van der Waals surface area contributed by atoms with Gasteiger partial charge in [-0.05, 0) is 334 Å². The molecular weight excluding hydrogens is 1660 g/mol. The number of aromatic hydroxyl groups is 2. The number of carbonyl (C=O) groups excluding carboxylic acids is 4. The lowest BCUT2D eigenvalue weighted by atomic mass is 9.68. The maximum Gasteiger partial charge on any atom is 0.266 e. The topological polar surface area (TPSA) is 193 Å². The molecule has 13 aliphatic rings. The molecule has 0 radical (unpaired) electrons.